The maximum atomic E-state index is 12.3. The van der Waals surface area contributed by atoms with E-state index in [1.54, 1.807) is 7.11 Å². The van der Waals surface area contributed by atoms with Gasteiger partial charge in [0, 0.05) is 13.6 Å². The van der Waals surface area contributed by atoms with Crippen LogP contribution in [-0.4, -0.2) is 31.5 Å². The molecule has 1 aliphatic carbocycles. The zero-order valence-corrected chi connectivity index (χ0v) is 12.8. The Morgan fingerprint density at radius 3 is 2.70 bits per heavy atom. The van der Waals surface area contributed by atoms with E-state index in [9.17, 15) is 4.79 Å². The van der Waals surface area contributed by atoms with E-state index in [0.29, 0.717) is 12.3 Å². The summed E-state index contributed by atoms with van der Waals surface area (Å²) in [5.41, 5.74) is 2.12. The first-order valence-corrected chi connectivity index (χ1v) is 7.47. The lowest BCUT2D eigenvalue weighted by Crippen LogP contribution is -2.32. The second kappa shape index (κ2) is 6.78. The zero-order valence-electron chi connectivity index (χ0n) is 12.8. The molecule has 0 spiro atoms. The number of methoxy groups -OCH3 is 1. The Kier molecular flexibility index (Phi) is 5.05. The van der Waals surface area contributed by atoms with Crippen LogP contribution in [0.1, 0.15) is 36.8 Å². The predicted octanol–water partition coefficient (Wildman–Crippen LogP) is 3.19. The molecule has 1 aliphatic rings. The summed E-state index contributed by atoms with van der Waals surface area (Å²) >= 11 is 0. The topological polar surface area (TPSA) is 29.5 Å². The second-order valence-corrected chi connectivity index (χ2v) is 5.91. The lowest BCUT2D eigenvalue weighted by molar-refractivity contribution is -0.129. The van der Waals surface area contributed by atoms with Gasteiger partial charge in [0.15, 0.2) is 0 Å². The smallest absolute Gasteiger partial charge is 0.226 e. The van der Waals surface area contributed by atoms with Gasteiger partial charge in [-0.3, -0.25) is 4.79 Å². The standard InChI is InChI=1S/C17H25NO2/c1-13-8-9-15(10-16(13)20-3)11-17(19)18(2)12-14-6-4-5-7-14/h8-10,14H,4-7,11-12H2,1-3H3. The van der Waals surface area contributed by atoms with E-state index in [-0.39, 0.29) is 5.91 Å². The lowest BCUT2D eigenvalue weighted by atomic mass is 10.1. The van der Waals surface area contributed by atoms with Crippen LogP contribution in [-0.2, 0) is 11.2 Å². The number of hydrogen-bond donors (Lipinski definition) is 0. The van der Waals surface area contributed by atoms with E-state index in [1.165, 1.54) is 25.7 Å². The Labute approximate surface area is 121 Å². The molecule has 2 rings (SSSR count). The molecule has 0 radical (unpaired) electrons. The summed E-state index contributed by atoms with van der Waals surface area (Å²) < 4.78 is 5.31. The van der Waals surface area contributed by atoms with Gasteiger partial charge in [0.2, 0.25) is 5.91 Å². The molecule has 0 aliphatic heterocycles. The van der Waals surface area contributed by atoms with E-state index in [4.69, 9.17) is 4.74 Å². The minimum Gasteiger partial charge on any atom is -0.496 e. The number of nitrogens with zero attached hydrogens (tertiary/aromatic N) is 1. The SMILES string of the molecule is COc1cc(CC(=O)N(C)CC2CCCC2)ccc1C. The first kappa shape index (κ1) is 14.9. The molecule has 0 aromatic heterocycles. The highest BCUT2D eigenvalue weighted by Gasteiger charge is 2.19. The highest BCUT2D eigenvalue weighted by Crippen LogP contribution is 2.25. The zero-order chi connectivity index (χ0) is 14.5. The molecular formula is C17H25NO2. The Morgan fingerprint density at radius 1 is 1.35 bits per heavy atom. The molecule has 110 valence electrons. The number of benzene rings is 1. The molecule has 0 atom stereocenters. The van der Waals surface area contributed by atoms with Gasteiger partial charge >= 0.3 is 0 Å². The van der Waals surface area contributed by atoms with E-state index < -0.39 is 0 Å². The number of carbonyl (C=O) groups excluding carboxylic acids is 1. The summed E-state index contributed by atoms with van der Waals surface area (Å²) in [5.74, 6) is 1.76. The van der Waals surface area contributed by atoms with Gasteiger partial charge in [-0.05, 0) is 42.9 Å². The number of hydrogen-bond acceptors (Lipinski definition) is 2. The fourth-order valence-electron chi connectivity index (χ4n) is 2.97. The first-order valence-electron chi connectivity index (χ1n) is 7.47. The second-order valence-electron chi connectivity index (χ2n) is 5.91. The van der Waals surface area contributed by atoms with E-state index >= 15 is 0 Å². The summed E-state index contributed by atoms with van der Waals surface area (Å²) in [5, 5.41) is 0. The van der Waals surface area contributed by atoms with Crippen LogP contribution in [0, 0.1) is 12.8 Å². The van der Waals surface area contributed by atoms with Crippen molar-refractivity contribution < 1.29 is 9.53 Å². The maximum Gasteiger partial charge on any atom is 0.226 e. The molecule has 3 nitrogen and oxygen atoms in total. The summed E-state index contributed by atoms with van der Waals surface area (Å²) in [6, 6.07) is 5.99. The fourth-order valence-corrected chi connectivity index (χ4v) is 2.97. The van der Waals surface area contributed by atoms with Gasteiger partial charge in [-0.1, -0.05) is 25.0 Å². The van der Waals surface area contributed by atoms with Crippen molar-refractivity contribution in [2.75, 3.05) is 20.7 Å². The third kappa shape index (κ3) is 3.75. The fraction of sp³-hybridized carbons (Fsp3) is 0.588. The van der Waals surface area contributed by atoms with Crippen LogP contribution in [0.3, 0.4) is 0 Å². The number of likely N-dealkylation sites (N-methyl/N-ethyl adjacent to an activating group) is 1. The molecule has 0 bridgehead atoms. The molecule has 1 saturated carbocycles. The monoisotopic (exact) mass is 275 g/mol. The highest BCUT2D eigenvalue weighted by atomic mass is 16.5. The Balaban J connectivity index is 1.92. The van der Waals surface area contributed by atoms with Crippen molar-refractivity contribution in [3.8, 4) is 5.75 Å². The normalized spacial score (nSPS) is 15.3. The van der Waals surface area contributed by atoms with Gasteiger partial charge in [0.05, 0.1) is 13.5 Å². The van der Waals surface area contributed by atoms with Crippen molar-refractivity contribution >= 4 is 5.91 Å². The first-order chi connectivity index (χ1) is 9.60. The van der Waals surface area contributed by atoms with Crippen molar-refractivity contribution in [3.05, 3.63) is 29.3 Å². The van der Waals surface area contributed by atoms with Crippen LogP contribution in [0.25, 0.3) is 0 Å². The maximum absolute atomic E-state index is 12.3. The molecule has 1 fully saturated rings. The third-order valence-corrected chi connectivity index (χ3v) is 4.26. The molecule has 0 unspecified atom stereocenters. The van der Waals surface area contributed by atoms with Gasteiger partial charge in [-0.2, -0.15) is 0 Å². The number of ether oxygens (including phenoxy) is 1. The van der Waals surface area contributed by atoms with Crippen LogP contribution in [0.2, 0.25) is 0 Å². The van der Waals surface area contributed by atoms with E-state index in [1.807, 2.05) is 37.1 Å². The van der Waals surface area contributed by atoms with E-state index in [2.05, 4.69) is 0 Å². The molecule has 0 N–H and O–H groups in total. The molecule has 0 saturated heterocycles. The van der Waals surface area contributed by atoms with Crippen LogP contribution >= 0.6 is 0 Å². The van der Waals surface area contributed by atoms with E-state index in [0.717, 1.165) is 23.4 Å². The van der Waals surface area contributed by atoms with Crippen LogP contribution in [0.4, 0.5) is 0 Å². The van der Waals surface area contributed by atoms with Crippen molar-refractivity contribution in [1.82, 2.24) is 4.90 Å². The highest BCUT2D eigenvalue weighted by molar-refractivity contribution is 5.78. The van der Waals surface area contributed by atoms with Crippen LogP contribution < -0.4 is 4.74 Å². The van der Waals surface area contributed by atoms with Crippen molar-refractivity contribution in [2.24, 2.45) is 5.92 Å². The van der Waals surface area contributed by atoms with Gasteiger partial charge in [0.25, 0.3) is 0 Å². The van der Waals surface area contributed by atoms with Gasteiger partial charge in [-0.15, -0.1) is 0 Å². The molecule has 3 heteroatoms. The van der Waals surface area contributed by atoms with Crippen LogP contribution in [0.15, 0.2) is 18.2 Å². The summed E-state index contributed by atoms with van der Waals surface area (Å²) in [4.78, 5) is 14.2. The number of aryl methyl sites for hydroxylation is 1. The molecule has 1 aromatic rings. The Morgan fingerprint density at radius 2 is 2.05 bits per heavy atom. The quantitative estimate of drug-likeness (QED) is 0.826. The van der Waals surface area contributed by atoms with Crippen molar-refractivity contribution in [3.63, 3.8) is 0 Å². The minimum atomic E-state index is 0.197. The predicted molar refractivity (Wildman–Crippen MR) is 81.0 cm³/mol. The van der Waals surface area contributed by atoms with Gasteiger partial charge < -0.3 is 9.64 Å². The Hall–Kier alpha value is -1.51. The molecule has 0 heterocycles. The van der Waals surface area contributed by atoms with Crippen LogP contribution in [0.5, 0.6) is 5.75 Å². The summed E-state index contributed by atoms with van der Waals surface area (Å²) in [7, 11) is 3.59. The van der Waals surface area contributed by atoms with Crippen molar-refractivity contribution in [1.29, 1.82) is 0 Å². The number of amides is 1. The van der Waals surface area contributed by atoms with Gasteiger partial charge in [0.1, 0.15) is 5.75 Å². The minimum absolute atomic E-state index is 0.197. The lowest BCUT2D eigenvalue weighted by Gasteiger charge is -2.21. The summed E-state index contributed by atoms with van der Waals surface area (Å²) in [6.45, 7) is 2.92. The third-order valence-electron chi connectivity index (χ3n) is 4.26. The van der Waals surface area contributed by atoms with Crippen molar-refractivity contribution in [2.45, 2.75) is 39.0 Å². The molecule has 20 heavy (non-hydrogen) atoms. The average molecular weight is 275 g/mol. The molecule has 1 amide bonds. The Bertz CT molecular complexity index is 464. The summed E-state index contributed by atoms with van der Waals surface area (Å²) in [6.07, 6.45) is 5.65. The number of carbonyl (C=O) groups is 1. The average Bonchev–Trinajstić information content (AvgIpc) is 2.93. The largest absolute Gasteiger partial charge is 0.496 e. The number of rotatable bonds is 5. The molecular weight excluding hydrogens is 250 g/mol. The van der Waals surface area contributed by atoms with Gasteiger partial charge in [-0.25, -0.2) is 0 Å². The molecule has 1 aromatic carbocycles.